The van der Waals surface area contributed by atoms with Crippen molar-refractivity contribution in [3.63, 3.8) is 0 Å². The van der Waals surface area contributed by atoms with Gasteiger partial charge in [-0.3, -0.25) is 4.79 Å². The predicted octanol–water partition coefficient (Wildman–Crippen LogP) is 2.23. The molecule has 0 saturated carbocycles. The molecule has 0 unspecified atom stereocenters. The van der Waals surface area contributed by atoms with Crippen molar-refractivity contribution >= 4 is 17.6 Å². The maximum Gasteiger partial charge on any atom is 0.319 e. The molecular formula is C18H27N3O4. The van der Waals surface area contributed by atoms with E-state index in [0.717, 1.165) is 6.42 Å². The Morgan fingerprint density at radius 3 is 2.68 bits per heavy atom. The Hall–Kier alpha value is -2.28. The fraction of sp³-hybridized carbons (Fsp3) is 0.556. The molecule has 1 aliphatic heterocycles. The second-order valence-electron chi connectivity index (χ2n) is 6.12. The van der Waals surface area contributed by atoms with Gasteiger partial charge >= 0.3 is 6.03 Å². The van der Waals surface area contributed by atoms with Gasteiger partial charge in [0.05, 0.1) is 19.3 Å². The molecule has 3 amide bonds. The molecule has 0 aliphatic carbocycles. The number of carbonyl (C=O) groups excluding carboxylic acids is 2. The summed E-state index contributed by atoms with van der Waals surface area (Å²) in [6, 6.07) is 6.18. The minimum absolute atomic E-state index is 0.104. The van der Waals surface area contributed by atoms with Gasteiger partial charge in [0.15, 0.2) is 0 Å². The van der Waals surface area contributed by atoms with Crippen LogP contribution >= 0.6 is 0 Å². The van der Waals surface area contributed by atoms with Gasteiger partial charge in [0, 0.05) is 24.8 Å². The van der Waals surface area contributed by atoms with Crippen LogP contribution in [0.2, 0.25) is 0 Å². The lowest BCUT2D eigenvalue weighted by molar-refractivity contribution is -0.136. The van der Waals surface area contributed by atoms with E-state index in [9.17, 15) is 9.59 Å². The van der Waals surface area contributed by atoms with Crippen molar-refractivity contribution in [2.24, 2.45) is 0 Å². The Morgan fingerprint density at radius 1 is 1.28 bits per heavy atom. The molecule has 0 radical (unpaired) electrons. The highest BCUT2D eigenvalue weighted by Gasteiger charge is 2.23. The predicted molar refractivity (Wildman–Crippen MR) is 95.8 cm³/mol. The monoisotopic (exact) mass is 349 g/mol. The molecule has 25 heavy (non-hydrogen) atoms. The van der Waals surface area contributed by atoms with Gasteiger partial charge in [0.1, 0.15) is 11.8 Å². The Morgan fingerprint density at radius 2 is 2.00 bits per heavy atom. The Balaban J connectivity index is 1.86. The van der Waals surface area contributed by atoms with E-state index >= 15 is 0 Å². The van der Waals surface area contributed by atoms with E-state index < -0.39 is 12.1 Å². The molecule has 138 valence electrons. The number of rotatable bonds is 6. The zero-order chi connectivity index (χ0) is 18.2. The first-order valence-electron chi connectivity index (χ1n) is 8.70. The number of urea groups is 1. The van der Waals surface area contributed by atoms with Crippen LogP contribution < -0.4 is 15.4 Å². The van der Waals surface area contributed by atoms with Gasteiger partial charge in [-0.25, -0.2) is 4.79 Å². The normalized spacial score (nSPS) is 16.7. The molecule has 2 atom stereocenters. The van der Waals surface area contributed by atoms with Crippen LogP contribution in [0.1, 0.15) is 27.2 Å². The summed E-state index contributed by atoms with van der Waals surface area (Å²) in [7, 11) is 0. The molecule has 1 saturated heterocycles. The number of nitrogens with one attached hydrogen (secondary N) is 2. The summed E-state index contributed by atoms with van der Waals surface area (Å²) >= 11 is 0. The standard InChI is InChI=1S/C18H27N3O4/c1-4-13(2)25-16-7-5-6-15(12-16)20-18(23)19-14(3)17(22)21-8-10-24-11-9-21/h5-7,12-14H,4,8-11H2,1-3H3,(H2,19,20,23)/t13-,14+/m0/s1. The molecular weight excluding hydrogens is 322 g/mol. The number of anilines is 1. The van der Waals surface area contributed by atoms with E-state index in [4.69, 9.17) is 9.47 Å². The zero-order valence-electron chi connectivity index (χ0n) is 15.1. The molecule has 2 N–H and O–H groups in total. The van der Waals surface area contributed by atoms with Crippen molar-refractivity contribution in [2.45, 2.75) is 39.3 Å². The highest BCUT2D eigenvalue weighted by atomic mass is 16.5. The molecule has 0 bridgehead atoms. The van der Waals surface area contributed by atoms with Crippen molar-refractivity contribution in [1.29, 1.82) is 0 Å². The van der Waals surface area contributed by atoms with Crippen molar-refractivity contribution in [1.82, 2.24) is 10.2 Å². The van der Waals surface area contributed by atoms with E-state index in [2.05, 4.69) is 10.6 Å². The maximum absolute atomic E-state index is 12.3. The summed E-state index contributed by atoms with van der Waals surface area (Å²) in [5.41, 5.74) is 0.615. The highest BCUT2D eigenvalue weighted by Crippen LogP contribution is 2.19. The molecule has 2 rings (SSSR count). The second kappa shape index (κ2) is 9.27. The molecule has 1 heterocycles. The Kier molecular flexibility index (Phi) is 7.06. The first kappa shape index (κ1) is 19.1. The average Bonchev–Trinajstić information content (AvgIpc) is 2.61. The Labute approximate surface area is 148 Å². The minimum Gasteiger partial charge on any atom is -0.491 e. The van der Waals surface area contributed by atoms with Gasteiger partial charge in [-0.05, 0) is 32.4 Å². The number of hydrogen-bond acceptors (Lipinski definition) is 4. The molecule has 7 nitrogen and oxygen atoms in total. The second-order valence-corrected chi connectivity index (χ2v) is 6.12. The SMILES string of the molecule is CC[C@H](C)Oc1cccc(NC(=O)N[C@H](C)C(=O)N2CCOCC2)c1. The minimum atomic E-state index is -0.599. The van der Waals surface area contributed by atoms with Gasteiger partial charge in [0.2, 0.25) is 5.91 Å². The Bertz CT molecular complexity index is 587. The van der Waals surface area contributed by atoms with Crippen molar-refractivity contribution in [3.05, 3.63) is 24.3 Å². The van der Waals surface area contributed by atoms with Gasteiger partial charge in [-0.1, -0.05) is 13.0 Å². The van der Waals surface area contributed by atoms with Crippen LogP contribution in [0.4, 0.5) is 10.5 Å². The van der Waals surface area contributed by atoms with Crippen LogP contribution in [0.3, 0.4) is 0 Å². The average molecular weight is 349 g/mol. The van der Waals surface area contributed by atoms with Gasteiger partial charge in [-0.2, -0.15) is 0 Å². The summed E-state index contributed by atoms with van der Waals surface area (Å²) in [4.78, 5) is 26.1. The third-order valence-electron chi connectivity index (χ3n) is 4.04. The van der Waals surface area contributed by atoms with Crippen LogP contribution in [-0.4, -0.2) is 55.3 Å². The van der Waals surface area contributed by atoms with Crippen LogP contribution in [-0.2, 0) is 9.53 Å². The van der Waals surface area contributed by atoms with Crippen molar-refractivity contribution in [2.75, 3.05) is 31.6 Å². The summed E-state index contributed by atoms with van der Waals surface area (Å²) in [5.74, 6) is 0.594. The number of ether oxygens (including phenoxy) is 2. The number of benzene rings is 1. The quantitative estimate of drug-likeness (QED) is 0.825. The van der Waals surface area contributed by atoms with E-state index in [1.807, 2.05) is 26.0 Å². The van der Waals surface area contributed by atoms with Gasteiger partial charge < -0.3 is 25.0 Å². The molecule has 1 aromatic rings. The lowest BCUT2D eigenvalue weighted by atomic mass is 10.2. The number of nitrogens with zero attached hydrogens (tertiary/aromatic N) is 1. The number of morpholine rings is 1. The number of carbonyl (C=O) groups is 2. The van der Waals surface area contributed by atoms with Crippen LogP contribution in [0.15, 0.2) is 24.3 Å². The van der Waals surface area contributed by atoms with E-state index in [1.165, 1.54) is 0 Å². The van der Waals surface area contributed by atoms with Crippen LogP contribution in [0.5, 0.6) is 5.75 Å². The van der Waals surface area contributed by atoms with E-state index in [1.54, 1.807) is 24.0 Å². The first-order valence-corrected chi connectivity index (χ1v) is 8.70. The number of amides is 3. The van der Waals surface area contributed by atoms with E-state index in [0.29, 0.717) is 37.7 Å². The van der Waals surface area contributed by atoms with E-state index in [-0.39, 0.29) is 12.0 Å². The molecule has 1 aliphatic rings. The third kappa shape index (κ3) is 5.94. The molecule has 1 aromatic carbocycles. The summed E-state index contributed by atoms with van der Waals surface area (Å²) in [6.45, 7) is 7.91. The van der Waals surface area contributed by atoms with Crippen molar-refractivity contribution in [3.8, 4) is 5.75 Å². The molecule has 0 spiro atoms. The van der Waals surface area contributed by atoms with Crippen LogP contribution in [0, 0.1) is 0 Å². The molecule has 1 fully saturated rings. The lowest BCUT2D eigenvalue weighted by Crippen LogP contribution is -2.51. The van der Waals surface area contributed by atoms with Crippen molar-refractivity contribution < 1.29 is 19.1 Å². The van der Waals surface area contributed by atoms with Crippen LogP contribution in [0.25, 0.3) is 0 Å². The molecule has 7 heteroatoms. The van der Waals surface area contributed by atoms with Gasteiger partial charge in [-0.15, -0.1) is 0 Å². The fourth-order valence-electron chi connectivity index (χ4n) is 2.45. The molecule has 0 aromatic heterocycles. The largest absolute Gasteiger partial charge is 0.491 e. The fourth-order valence-corrected chi connectivity index (χ4v) is 2.45. The smallest absolute Gasteiger partial charge is 0.319 e. The van der Waals surface area contributed by atoms with Gasteiger partial charge in [0.25, 0.3) is 0 Å². The number of hydrogen-bond donors (Lipinski definition) is 2. The summed E-state index contributed by atoms with van der Waals surface area (Å²) < 4.78 is 11.0. The summed E-state index contributed by atoms with van der Waals surface area (Å²) in [5, 5.41) is 5.41. The summed E-state index contributed by atoms with van der Waals surface area (Å²) in [6.07, 6.45) is 1.01. The first-order chi connectivity index (χ1) is 12.0. The highest BCUT2D eigenvalue weighted by molar-refractivity contribution is 5.93. The zero-order valence-corrected chi connectivity index (χ0v) is 15.1. The lowest BCUT2D eigenvalue weighted by Gasteiger charge is -2.29. The third-order valence-corrected chi connectivity index (χ3v) is 4.04. The topological polar surface area (TPSA) is 79.9 Å². The maximum atomic E-state index is 12.3.